The van der Waals surface area contributed by atoms with Crippen LogP contribution in [0.4, 0.5) is 0 Å². The molecule has 0 unspecified atom stereocenters. The highest BCUT2D eigenvalue weighted by Gasteiger charge is 2.58. The second-order valence-corrected chi connectivity index (χ2v) is 6.60. The lowest BCUT2D eigenvalue weighted by atomic mass is 9.86. The molecule has 1 aliphatic rings. The smallest absolute Gasteiger partial charge is 0.0508 e. The standard InChI is InChI=1S/C21H26O/c1-3-4-5-8-13-21(16(2)20(21)15-22)19-12-11-17-9-6-7-10-18(17)14-19/h6-7,9-12,14,20,22H,2-5,8,13,15H2,1H3/t20-,21-/m0/s1. The van der Waals surface area contributed by atoms with Gasteiger partial charge in [0, 0.05) is 11.3 Å². The SMILES string of the molecule is C=C1[C@H](CO)[C@]1(CCCCCC)c1ccc2ccccc2c1. The molecule has 0 spiro atoms. The molecule has 3 rings (SSSR count). The molecule has 116 valence electrons. The highest BCUT2D eigenvalue weighted by Crippen LogP contribution is 2.61. The number of unbranched alkanes of at least 4 members (excludes halogenated alkanes) is 3. The zero-order valence-corrected chi connectivity index (χ0v) is 13.5. The summed E-state index contributed by atoms with van der Waals surface area (Å²) in [5.74, 6) is 0.246. The molecule has 0 aromatic heterocycles. The van der Waals surface area contributed by atoms with Gasteiger partial charge in [0.05, 0.1) is 6.61 Å². The average Bonchev–Trinajstić information content (AvgIpc) is 3.15. The summed E-state index contributed by atoms with van der Waals surface area (Å²) in [6, 6.07) is 15.2. The molecule has 2 aromatic carbocycles. The van der Waals surface area contributed by atoms with Crippen molar-refractivity contribution in [2.75, 3.05) is 6.61 Å². The minimum absolute atomic E-state index is 0.0204. The maximum absolute atomic E-state index is 9.73. The molecule has 1 fully saturated rings. The van der Waals surface area contributed by atoms with E-state index in [4.69, 9.17) is 0 Å². The molecule has 1 saturated carbocycles. The van der Waals surface area contributed by atoms with Crippen LogP contribution in [-0.2, 0) is 5.41 Å². The normalized spacial score (nSPS) is 23.9. The van der Waals surface area contributed by atoms with Crippen molar-refractivity contribution in [1.82, 2.24) is 0 Å². The topological polar surface area (TPSA) is 20.2 Å². The molecule has 0 bridgehead atoms. The maximum atomic E-state index is 9.73. The number of hydrogen-bond acceptors (Lipinski definition) is 1. The molecule has 1 aliphatic carbocycles. The summed E-state index contributed by atoms with van der Waals surface area (Å²) in [5, 5.41) is 12.3. The fourth-order valence-corrected chi connectivity index (χ4v) is 3.94. The van der Waals surface area contributed by atoms with Gasteiger partial charge in [0.15, 0.2) is 0 Å². The number of rotatable bonds is 7. The first-order valence-electron chi connectivity index (χ1n) is 8.53. The number of aliphatic hydroxyl groups excluding tert-OH is 1. The zero-order valence-electron chi connectivity index (χ0n) is 13.5. The third kappa shape index (κ3) is 2.48. The second kappa shape index (κ2) is 6.26. The van der Waals surface area contributed by atoms with Crippen molar-refractivity contribution >= 4 is 10.8 Å². The predicted molar refractivity (Wildman–Crippen MR) is 94.1 cm³/mol. The first kappa shape index (κ1) is 15.3. The molecule has 0 heterocycles. The van der Waals surface area contributed by atoms with E-state index < -0.39 is 0 Å². The Morgan fingerprint density at radius 2 is 1.82 bits per heavy atom. The van der Waals surface area contributed by atoms with Gasteiger partial charge in [0.2, 0.25) is 0 Å². The fourth-order valence-electron chi connectivity index (χ4n) is 3.94. The van der Waals surface area contributed by atoms with Gasteiger partial charge >= 0.3 is 0 Å². The summed E-state index contributed by atoms with van der Waals surface area (Å²) in [6.45, 7) is 6.73. The quantitative estimate of drug-likeness (QED) is 0.548. The number of benzene rings is 2. The van der Waals surface area contributed by atoms with Crippen LogP contribution in [0.15, 0.2) is 54.6 Å². The lowest BCUT2D eigenvalue weighted by molar-refractivity contribution is 0.262. The Bertz CT molecular complexity index is 672. The first-order chi connectivity index (χ1) is 10.7. The molecule has 2 atom stereocenters. The Kier molecular flexibility index (Phi) is 4.35. The van der Waals surface area contributed by atoms with Crippen LogP contribution in [0.1, 0.15) is 44.6 Å². The molecule has 1 heteroatoms. The van der Waals surface area contributed by atoms with Crippen molar-refractivity contribution in [3.63, 3.8) is 0 Å². The minimum atomic E-state index is 0.0204. The molecular weight excluding hydrogens is 268 g/mol. The third-order valence-corrected chi connectivity index (χ3v) is 5.38. The van der Waals surface area contributed by atoms with Crippen LogP contribution in [-0.4, -0.2) is 11.7 Å². The molecule has 0 aliphatic heterocycles. The summed E-state index contributed by atoms with van der Waals surface area (Å²) >= 11 is 0. The molecule has 22 heavy (non-hydrogen) atoms. The van der Waals surface area contributed by atoms with E-state index in [1.807, 2.05) is 0 Å². The lowest BCUT2D eigenvalue weighted by Gasteiger charge is -2.18. The van der Waals surface area contributed by atoms with Gasteiger partial charge in [-0.2, -0.15) is 0 Å². The summed E-state index contributed by atoms with van der Waals surface area (Å²) in [4.78, 5) is 0. The van der Waals surface area contributed by atoms with Crippen molar-refractivity contribution in [3.05, 3.63) is 60.2 Å². The zero-order chi connectivity index (χ0) is 15.6. The van der Waals surface area contributed by atoms with Gasteiger partial charge in [-0.15, -0.1) is 0 Å². The summed E-state index contributed by atoms with van der Waals surface area (Å²) in [7, 11) is 0. The average molecular weight is 294 g/mol. The molecular formula is C21H26O. The Balaban J connectivity index is 1.90. The number of hydrogen-bond donors (Lipinski definition) is 1. The van der Waals surface area contributed by atoms with Crippen molar-refractivity contribution in [2.24, 2.45) is 5.92 Å². The van der Waals surface area contributed by atoms with E-state index in [1.165, 1.54) is 47.6 Å². The lowest BCUT2D eigenvalue weighted by Crippen LogP contribution is -2.12. The van der Waals surface area contributed by atoms with E-state index in [2.05, 4.69) is 56.0 Å². The van der Waals surface area contributed by atoms with Crippen molar-refractivity contribution in [3.8, 4) is 0 Å². The fraction of sp³-hybridized carbons (Fsp3) is 0.429. The van der Waals surface area contributed by atoms with Crippen LogP contribution in [0, 0.1) is 5.92 Å². The molecule has 0 amide bonds. The second-order valence-electron chi connectivity index (χ2n) is 6.60. The Morgan fingerprint density at radius 1 is 1.05 bits per heavy atom. The Hall–Kier alpha value is -1.60. The van der Waals surface area contributed by atoms with Crippen molar-refractivity contribution in [2.45, 2.75) is 44.4 Å². The van der Waals surface area contributed by atoms with E-state index in [-0.39, 0.29) is 17.9 Å². The van der Waals surface area contributed by atoms with Crippen LogP contribution in [0.5, 0.6) is 0 Å². The molecule has 1 N–H and O–H groups in total. The van der Waals surface area contributed by atoms with Crippen molar-refractivity contribution in [1.29, 1.82) is 0 Å². The van der Waals surface area contributed by atoms with Gasteiger partial charge in [-0.25, -0.2) is 0 Å². The monoisotopic (exact) mass is 294 g/mol. The summed E-state index contributed by atoms with van der Waals surface area (Å²) in [6.07, 6.45) is 6.17. The van der Waals surface area contributed by atoms with Crippen LogP contribution in [0.2, 0.25) is 0 Å². The van der Waals surface area contributed by atoms with Crippen LogP contribution < -0.4 is 0 Å². The molecule has 1 nitrogen and oxygen atoms in total. The first-order valence-corrected chi connectivity index (χ1v) is 8.53. The largest absolute Gasteiger partial charge is 0.396 e. The molecule has 0 radical (unpaired) electrons. The van der Waals surface area contributed by atoms with Gasteiger partial charge in [-0.3, -0.25) is 0 Å². The Morgan fingerprint density at radius 3 is 2.50 bits per heavy atom. The van der Waals surface area contributed by atoms with Gasteiger partial charge < -0.3 is 5.11 Å². The van der Waals surface area contributed by atoms with Gasteiger partial charge in [0.25, 0.3) is 0 Å². The third-order valence-electron chi connectivity index (χ3n) is 5.38. The summed E-state index contributed by atoms with van der Waals surface area (Å²) < 4.78 is 0. The van der Waals surface area contributed by atoms with Gasteiger partial charge in [-0.05, 0) is 22.8 Å². The van der Waals surface area contributed by atoms with E-state index in [0.29, 0.717) is 0 Å². The van der Waals surface area contributed by atoms with Crippen LogP contribution >= 0.6 is 0 Å². The highest BCUT2D eigenvalue weighted by atomic mass is 16.3. The van der Waals surface area contributed by atoms with Crippen molar-refractivity contribution < 1.29 is 5.11 Å². The van der Waals surface area contributed by atoms with E-state index in [0.717, 1.165) is 6.42 Å². The molecule has 2 aromatic rings. The summed E-state index contributed by atoms with van der Waals surface area (Å²) in [5.41, 5.74) is 2.58. The van der Waals surface area contributed by atoms with Gasteiger partial charge in [-0.1, -0.05) is 87.2 Å². The van der Waals surface area contributed by atoms with Gasteiger partial charge in [0.1, 0.15) is 0 Å². The highest BCUT2D eigenvalue weighted by molar-refractivity contribution is 5.84. The van der Waals surface area contributed by atoms with Crippen LogP contribution in [0.3, 0.4) is 0 Å². The van der Waals surface area contributed by atoms with E-state index in [1.54, 1.807) is 0 Å². The molecule has 0 saturated heterocycles. The predicted octanol–water partition coefficient (Wildman–Crippen LogP) is 5.23. The Labute approximate surface area is 133 Å². The van der Waals surface area contributed by atoms with Crippen LogP contribution in [0.25, 0.3) is 10.8 Å². The minimum Gasteiger partial charge on any atom is -0.396 e. The maximum Gasteiger partial charge on any atom is 0.0508 e. The number of fused-ring (bicyclic) bond motifs is 1. The van der Waals surface area contributed by atoms with E-state index in [9.17, 15) is 5.11 Å². The van der Waals surface area contributed by atoms with E-state index >= 15 is 0 Å². The number of aliphatic hydroxyl groups is 1.